The Morgan fingerprint density at radius 1 is 1.50 bits per heavy atom. The Labute approximate surface area is 108 Å². The first-order valence-electron chi connectivity index (χ1n) is 6.87. The molecule has 1 aliphatic carbocycles. The number of hydrogen-bond acceptors (Lipinski definition) is 4. The van der Waals surface area contributed by atoms with Crippen molar-refractivity contribution in [3.63, 3.8) is 0 Å². The van der Waals surface area contributed by atoms with Gasteiger partial charge < -0.3 is 10.5 Å². The average molecular weight is 247 g/mol. The molecule has 1 aromatic heterocycles. The van der Waals surface area contributed by atoms with Crippen LogP contribution in [0.1, 0.15) is 30.9 Å². The molecule has 18 heavy (non-hydrogen) atoms. The van der Waals surface area contributed by atoms with Crippen molar-refractivity contribution < 1.29 is 4.74 Å². The highest BCUT2D eigenvalue weighted by Gasteiger charge is 2.39. The maximum atomic E-state index is 6.01. The van der Waals surface area contributed by atoms with Crippen molar-refractivity contribution >= 4 is 0 Å². The first-order valence-corrected chi connectivity index (χ1v) is 6.87. The third kappa shape index (κ3) is 2.16. The van der Waals surface area contributed by atoms with Gasteiger partial charge in [-0.3, -0.25) is 9.88 Å². The molecule has 2 heterocycles. The van der Waals surface area contributed by atoms with E-state index in [0.717, 1.165) is 13.2 Å². The fraction of sp³-hybridized carbons (Fsp3) is 0.643. The number of fused-ring (bicyclic) bond motifs is 1. The lowest BCUT2D eigenvalue weighted by molar-refractivity contribution is -0.0711. The highest BCUT2D eigenvalue weighted by Crippen LogP contribution is 2.34. The molecule has 1 aliphatic heterocycles. The Morgan fingerprint density at radius 2 is 2.44 bits per heavy atom. The summed E-state index contributed by atoms with van der Waals surface area (Å²) in [5, 5.41) is 0. The predicted molar refractivity (Wildman–Crippen MR) is 70.1 cm³/mol. The molecule has 4 heteroatoms. The Morgan fingerprint density at radius 3 is 3.22 bits per heavy atom. The van der Waals surface area contributed by atoms with Gasteiger partial charge in [0.2, 0.25) is 0 Å². The third-order valence-electron chi connectivity index (χ3n) is 4.22. The molecule has 1 aromatic rings. The van der Waals surface area contributed by atoms with E-state index in [1.54, 1.807) is 0 Å². The smallest absolute Gasteiger partial charge is 0.0731 e. The van der Waals surface area contributed by atoms with Crippen LogP contribution in [0.3, 0.4) is 0 Å². The molecule has 2 N–H and O–H groups in total. The van der Waals surface area contributed by atoms with E-state index in [0.29, 0.717) is 18.7 Å². The van der Waals surface area contributed by atoms with Gasteiger partial charge in [-0.05, 0) is 30.9 Å². The van der Waals surface area contributed by atoms with E-state index in [9.17, 15) is 0 Å². The van der Waals surface area contributed by atoms with Gasteiger partial charge in [0.05, 0.1) is 12.7 Å². The van der Waals surface area contributed by atoms with Crippen molar-refractivity contribution in [2.24, 2.45) is 5.73 Å². The van der Waals surface area contributed by atoms with Crippen molar-refractivity contribution in [3.05, 3.63) is 30.1 Å². The molecule has 3 rings (SSSR count). The minimum Gasteiger partial charge on any atom is -0.375 e. The van der Waals surface area contributed by atoms with Crippen LogP contribution in [0.2, 0.25) is 0 Å². The number of nitrogens with two attached hydrogens (primary N) is 1. The second-order valence-electron chi connectivity index (χ2n) is 5.18. The Bertz CT molecular complexity index is 384. The van der Waals surface area contributed by atoms with Crippen molar-refractivity contribution in [1.82, 2.24) is 9.88 Å². The fourth-order valence-corrected chi connectivity index (χ4v) is 3.38. The second kappa shape index (κ2) is 5.34. The molecule has 0 bridgehead atoms. The van der Waals surface area contributed by atoms with Gasteiger partial charge in [0, 0.05) is 37.6 Å². The maximum absolute atomic E-state index is 6.01. The molecule has 0 spiro atoms. The van der Waals surface area contributed by atoms with E-state index in [1.165, 1.54) is 24.8 Å². The van der Waals surface area contributed by atoms with Crippen molar-refractivity contribution in [2.45, 2.75) is 37.5 Å². The minimum atomic E-state index is 0.285. The molecule has 0 radical (unpaired) electrons. The zero-order chi connectivity index (χ0) is 12.4. The quantitative estimate of drug-likeness (QED) is 0.875. The van der Waals surface area contributed by atoms with Crippen molar-refractivity contribution in [3.8, 4) is 0 Å². The summed E-state index contributed by atoms with van der Waals surface area (Å²) < 4.78 is 5.86. The summed E-state index contributed by atoms with van der Waals surface area (Å²) in [6, 6.07) is 4.95. The van der Waals surface area contributed by atoms with Crippen LogP contribution in [-0.2, 0) is 4.74 Å². The lowest BCUT2D eigenvalue weighted by Crippen LogP contribution is -2.51. The summed E-state index contributed by atoms with van der Waals surface area (Å²) in [6.07, 6.45) is 7.89. The van der Waals surface area contributed by atoms with Crippen LogP contribution in [0.15, 0.2) is 24.5 Å². The molecule has 3 unspecified atom stereocenters. The van der Waals surface area contributed by atoms with Crippen LogP contribution in [0.4, 0.5) is 0 Å². The van der Waals surface area contributed by atoms with Gasteiger partial charge in [0.1, 0.15) is 0 Å². The van der Waals surface area contributed by atoms with Gasteiger partial charge in [-0.15, -0.1) is 0 Å². The minimum absolute atomic E-state index is 0.285. The topological polar surface area (TPSA) is 51.4 Å². The zero-order valence-corrected chi connectivity index (χ0v) is 10.7. The van der Waals surface area contributed by atoms with Crippen LogP contribution in [0, 0.1) is 0 Å². The highest BCUT2D eigenvalue weighted by molar-refractivity contribution is 5.15. The first kappa shape index (κ1) is 12.1. The first-order chi connectivity index (χ1) is 8.90. The predicted octanol–water partition coefficient (Wildman–Crippen LogP) is 1.33. The molecule has 2 fully saturated rings. The summed E-state index contributed by atoms with van der Waals surface area (Å²) in [5.41, 5.74) is 7.24. The molecular formula is C14H21N3O. The van der Waals surface area contributed by atoms with Gasteiger partial charge >= 0.3 is 0 Å². The van der Waals surface area contributed by atoms with Crippen LogP contribution in [-0.4, -0.2) is 41.7 Å². The fourth-order valence-electron chi connectivity index (χ4n) is 3.38. The number of morpholine rings is 1. The number of hydrogen-bond donors (Lipinski definition) is 1. The van der Waals surface area contributed by atoms with Crippen LogP contribution in [0.25, 0.3) is 0 Å². The van der Waals surface area contributed by atoms with E-state index in [-0.39, 0.29) is 6.04 Å². The third-order valence-corrected chi connectivity index (χ3v) is 4.22. The van der Waals surface area contributed by atoms with Gasteiger partial charge in [-0.2, -0.15) is 0 Å². The van der Waals surface area contributed by atoms with Gasteiger partial charge in [0.15, 0.2) is 0 Å². The summed E-state index contributed by atoms with van der Waals surface area (Å²) >= 11 is 0. The SMILES string of the molecule is NCC(c1cccnc1)N1CCOC2CCCC21. The molecule has 1 saturated heterocycles. The summed E-state index contributed by atoms with van der Waals surface area (Å²) in [6.45, 7) is 2.46. The number of rotatable bonds is 3. The van der Waals surface area contributed by atoms with E-state index >= 15 is 0 Å². The van der Waals surface area contributed by atoms with E-state index in [2.05, 4.69) is 16.0 Å². The molecule has 3 atom stereocenters. The number of ether oxygens (including phenoxy) is 1. The molecule has 4 nitrogen and oxygen atoms in total. The second-order valence-corrected chi connectivity index (χ2v) is 5.18. The monoisotopic (exact) mass is 247 g/mol. The average Bonchev–Trinajstić information content (AvgIpc) is 2.90. The lowest BCUT2D eigenvalue weighted by atomic mass is 10.0. The Balaban J connectivity index is 1.82. The molecule has 98 valence electrons. The molecular weight excluding hydrogens is 226 g/mol. The molecule has 0 amide bonds. The van der Waals surface area contributed by atoms with E-state index < -0.39 is 0 Å². The molecule has 2 aliphatic rings. The van der Waals surface area contributed by atoms with Crippen LogP contribution in [0.5, 0.6) is 0 Å². The van der Waals surface area contributed by atoms with E-state index in [4.69, 9.17) is 10.5 Å². The number of pyridine rings is 1. The largest absolute Gasteiger partial charge is 0.375 e. The van der Waals surface area contributed by atoms with Gasteiger partial charge in [0.25, 0.3) is 0 Å². The summed E-state index contributed by atoms with van der Waals surface area (Å²) in [4.78, 5) is 6.76. The van der Waals surface area contributed by atoms with Crippen molar-refractivity contribution in [1.29, 1.82) is 0 Å². The molecule has 0 aromatic carbocycles. The molecule has 1 saturated carbocycles. The Hall–Kier alpha value is -0.970. The Kier molecular flexibility index (Phi) is 3.59. The number of aromatic nitrogens is 1. The van der Waals surface area contributed by atoms with Crippen molar-refractivity contribution in [2.75, 3.05) is 19.7 Å². The summed E-state index contributed by atoms with van der Waals surface area (Å²) in [5.74, 6) is 0. The maximum Gasteiger partial charge on any atom is 0.0731 e. The summed E-state index contributed by atoms with van der Waals surface area (Å²) in [7, 11) is 0. The lowest BCUT2D eigenvalue weighted by Gasteiger charge is -2.42. The van der Waals surface area contributed by atoms with Gasteiger partial charge in [-0.25, -0.2) is 0 Å². The van der Waals surface area contributed by atoms with E-state index in [1.807, 2.05) is 18.5 Å². The standard InChI is InChI=1S/C14H21N3O/c15-9-13(11-3-2-6-16-10-11)17-7-8-18-14-5-1-4-12(14)17/h2-3,6,10,12-14H,1,4-5,7-9,15H2. The van der Waals surface area contributed by atoms with Gasteiger partial charge in [-0.1, -0.05) is 6.07 Å². The normalized spacial score (nSPS) is 30.1. The highest BCUT2D eigenvalue weighted by atomic mass is 16.5. The zero-order valence-electron chi connectivity index (χ0n) is 10.7. The number of nitrogens with zero attached hydrogens (tertiary/aromatic N) is 2. The van der Waals surface area contributed by atoms with Crippen LogP contribution < -0.4 is 5.73 Å². The van der Waals surface area contributed by atoms with Crippen LogP contribution >= 0.6 is 0 Å².